The molecule has 2 N–H and O–H groups in total. The molecule has 104 valence electrons. The maximum absolute atomic E-state index is 5.76. The van der Waals surface area contributed by atoms with Crippen LogP contribution in [0.15, 0.2) is 16.6 Å². The molecule has 1 fully saturated rings. The first kappa shape index (κ1) is 13.5. The highest BCUT2D eigenvalue weighted by atomic mass is 32.2. The summed E-state index contributed by atoms with van der Waals surface area (Å²) in [4.78, 5) is 5.91. The van der Waals surface area contributed by atoms with Gasteiger partial charge in [0.25, 0.3) is 0 Å². The van der Waals surface area contributed by atoms with Crippen molar-refractivity contribution in [1.82, 2.24) is 9.38 Å². The zero-order chi connectivity index (χ0) is 13.2. The van der Waals surface area contributed by atoms with Gasteiger partial charge in [0.05, 0.1) is 5.69 Å². The smallest absolute Gasteiger partial charge is 0.194 e. The second-order valence-corrected chi connectivity index (χ2v) is 7.63. The first-order chi connectivity index (χ1) is 9.28. The third kappa shape index (κ3) is 2.83. The lowest BCUT2D eigenvalue weighted by Crippen LogP contribution is -2.15. The quantitative estimate of drug-likeness (QED) is 0.937. The van der Waals surface area contributed by atoms with Gasteiger partial charge in [-0.1, -0.05) is 19.8 Å². The van der Waals surface area contributed by atoms with Gasteiger partial charge in [-0.2, -0.15) is 0 Å². The molecule has 0 bridgehead atoms. The molecule has 5 heteroatoms. The zero-order valence-electron chi connectivity index (χ0n) is 11.3. The van der Waals surface area contributed by atoms with E-state index in [2.05, 4.69) is 22.9 Å². The molecule has 0 radical (unpaired) electrons. The summed E-state index contributed by atoms with van der Waals surface area (Å²) >= 11 is 3.69. The van der Waals surface area contributed by atoms with Gasteiger partial charge >= 0.3 is 0 Å². The summed E-state index contributed by atoms with van der Waals surface area (Å²) < 4.78 is 2.21. The molecule has 0 spiro atoms. The van der Waals surface area contributed by atoms with Gasteiger partial charge < -0.3 is 5.73 Å². The average Bonchev–Trinajstić information content (AvgIpc) is 2.93. The van der Waals surface area contributed by atoms with E-state index in [1.54, 1.807) is 11.3 Å². The average molecular weight is 295 g/mol. The molecule has 1 aliphatic rings. The third-order valence-electron chi connectivity index (χ3n) is 3.87. The molecule has 2 aromatic heterocycles. The van der Waals surface area contributed by atoms with Gasteiger partial charge in [-0.15, -0.1) is 23.1 Å². The van der Waals surface area contributed by atoms with Crippen molar-refractivity contribution in [2.45, 2.75) is 49.3 Å². The zero-order valence-corrected chi connectivity index (χ0v) is 13.0. The number of thioether (sulfide) groups is 1. The molecule has 0 saturated heterocycles. The molecule has 3 nitrogen and oxygen atoms in total. The first-order valence-electron chi connectivity index (χ1n) is 7.09. The van der Waals surface area contributed by atoms with Crippen LogP contribution in [0.4, 0.5) is 0 Å². The molecule has 0 amide bonds. The number of aromatic nitrogens is 2. The standard InChI is InChI=1S/C14H21N3S2/c1-10-3-2-4-11(9-10)19-13-12(5-6-15)17-7-8-18-14(17)16-13/h7-8,10-11H,2-6,9,15H2,1H3. The SMILES string of the molecule is CC1CCCC(Sc2nc3sccn3c2CCN)C1. The van der Waals surface area contributed by atoms with E-state index in [-0.39, 0.29) is 0 Å². The Hall–Kier alpha value is -0.520. The third-order valence-corrected chi connectivity index (χ3v) is 5.94. The monoisotopic (exact) mass is 295 g/mol. The van der Waals surface area contributed by atoms with E-state index < -0.39 is 0 Å². The van der Waals surface area contributed by atoms with Crippen molar-refractivity contribution in [3.8, 4) is 0 Å². The highest BCUT2D eigenvalue weighted by Crippen LogP contribution is 2.37. The molecule has 0 aliphatic heterocycles. The maximum atomic E-state index is 5.76. The largest absolute Gasteiger partial charge is 0.330 e. The number of hydrogen-bond acceptors (Lipinski definition) is 4. The van der Waals surface area contributed by atoms with Crippen molar-refractivity contribution < 1.29 is 0 Å². The van der Waals surface area contributed by atoms with Crippen LogP contribution in [0.3, 0.4) is 0 Å². The minimum Gasteiger partial charge on any atom is -0.330 e. The summed E-state index contributed by atoms with van der Waals surface area (Å²) in [5.41, 5.74) is 7.06. The number of thiazole rings is 1. The molecule has 0 aromatic carbocycles. The Labute approximate surface area is 122 Å². The number of imidazole rings is 1. The van der Waals surface area contributed by atoms with Crippen molar-refractivity contribution in [3.05, 3.63) is 17.3 Å². The Morgan fingerprint density at radius 3 is 3.21 bits per heavy atom. The summed E-state index contributed by atoms with van der Waals surface area (Å²) in [7, 11) is 0. The summed E-state index contributed by atoms with van der Waals surface area (Å²) in [6, 6.07) is 0. The Kier molecular flexibility index (Phi) is 4.15. The molecule has 2 heterocycles. The van der Waals surface area contributed by atoms with Gasteiger partial charge in [0.15, 0.2) is 4.96 Å². The van der Waals surface area contributed by atoms with Gasteiger partial charge in [0.2, 0.25) is 0 Å². The van der Waals surface area contributed by atoms with Crippen molar-refractivity contribution in [2.75, 3.05) is 6.54 Å². The fraction of sp³-hybridized carbons (Fsp3) is 0.643. The lowest BCUT2D eigenvalue weighted by molar-refractivity contribution is 0.394. The van der Waals surface area contributed by atoms with Gasteiger partial charge in [0.1, 0.15) is 5.03 Å². The summed E-state index contributed by atoms with van der Waals surface area (Å²) in [6.07, 6.45) is 8.46. The predicted molar refractivity (Wildman–Crippen MR) is 83.1 cm³/mol. The Balaban J connectivity index is 1.82. The van der Waals surface area contributed by atoms with Crippen molar-refractivity contribution in [3.63, 3.8) is 0 Å². The summed E-state index contributed by atoms with van der Waals surface area (Å²) in [5, 5.41) is 4.06. The van der Waals surface area contributed by atoms with Crippen LogP contribution < -0.4 is 5.73 Å². The predicted octanol–water partition coefficient (Wildman–Crippen LogP) is 3.57. The maximum Gasteiger partial charge on any atom is 0.194 e. The normalized spacial score (nSPS) is 24.1. The van der Waals surface area contributed by atoms with Crippen LogP contribution in [0, 0.1) is 5.92 Å². The molecule has 1 aliphatic carbocycles. The van der Waals surface area contributed by atoms with Gasteiger partial charge in [-0.25, -0.2) is 4.98 Å². The fourth-order valence-electron chi connectivity index (χ4n) is 2.91. The van der Waals surface area contributed by atoms with Crippen LogP contribution in [0.1, 0.15) is 38.3 Å². The van der Waals surface area contributed by atoms with Crippen LogP contribution >= 0.6 is 23.1 Å². The number of hydrogen-bond donors (Lipinski definition) is 1. The van der Waals surface area contributed by atoms with Crippen LogP contribution in [0.2, 0.25) is 0 Å². The van der Waals surface area contributed by atoms with Crippen molar-refractivity contribution in [2.24, 2.45) is 11.7 Å². The van der Waals surface area contributed by atoms with E-state index in [1.807, 2.05) is 11.8 Å². The molecule has 19 heavy (non-hydrogen) atoms. The number of nitrogens with two attached hydrogens (primary N) is 1. The molecule has 3 rings (SSSR count). The lowest BCUT2D eigenvalue weighted by atomic mass is 9.91. The van der Waals surface area contributed by atoms with Gasteiger partial charge in [-0.3, -0.25) is 4.40 Å². The van der Waals surface area contributed by atoms with Crippen molar-refractivity contribution >= 4 is 28.1 Å². The molecule has 1 saturated carbocycles. The van der Waals surface area contributed by atoms with E-state index in [1.165, 1.54) is 36.4 Å². The minimum atomic E-state index is 0.693. The summed E-state index contributed by atoms with van der Waals surface area (Å²) in [5.74, 6) is 0.868. The Morgan fingerprint density at radius 1 is 1.53 bits per heavy atom. The van der Waals surface area contributed by atoms with E-state index in [0.717, 1.165) is 22.5 Å². The molecule has 2 aromatic rings. The number of fused-ring (bicyclic) bond motifs is 1. The van der Waals surface area contributed by atoms with Crippen LogP contribution in [0.5, 0.6) is 0 Å². The lowest BCUT2D eigenvalue weighted by Gasteiger charge is -2.25. The topological polar surface area (TPSA) is 43.3 Å². The van der Waals surface area contributed by atoms with Gasteiger partial charge in [-0.05, 0) is 25.3 Å². The second-order valence-electron chi connectivity index (χ2n) is 5.47. The minimum absolute atomic E-state index is 0.693. The molecule has 2 unspecified atom stereocenters. The Bertz CT molecular complexity index is 546. The highest BCUT2D eigenvalue weighted by molar-refractivity contribution is 7.99. The first-order valence-corrected chi connectivity index (χ1v) is 8.85. The van der Waals surface area contributed by atoms with E-state index in [4.69, 9.17) is 10.7 Å². The molecular weight excluding hydrogens is 274 g/mol. The van der Waals surface area contributed by atoms with Crippen LogP contribution in [-0.4, -0.2) is 21.2 Å². The van der Waals surface area contributed by atoms with E-state index in [9.17, 15) is 0 Å². The van der Waals surface area contributed by atoms with Gasteiger partial charge in [0, 0.05) is 23.2 Å². The number of rotatable bonds is 4. The summed E-state index contributed by atoms with van der Waals surface area (Å²) in [6.45, 7) is 3.07. The van der Waals surface area contributed by atoms with E-state index >= 15 is 0 Å². The molecule has 2 atom stereocenters. The Morgan fingerprint density at radius 2 is 2.42 bits per heavy atom. The molecular formula is C14H21N3S2. The fourth-order valence-corrected chi connectivity index (χ4v) is 5.21. The second kappa shape index (κ2) is 5.85. The van der Waals surface area contributed by atoms with E-state index in [0.29, 0.717) is 6.54 Å². The number of nitrogens with zero attached hydrogens (tertiary/aromatic N) is 2. The highest BCUT2D eigenvalue weighted by Gasteiger charge is 2.23. The van der Waals surface area contributed by atoms with Crippen LogP contribution in [-0.2, 0) is 6.42 Å². The van der Waals surface area contributed by atoms with Crippen molar-refractivity contribution in [1.29, 1.82) is 0 Å². The van der Waals surface area contributed by atoms with Crippen LogP contribution in [0.25, 0.3) is 4.96 Å².